The van der Waals surface area contributed by atoms with Crippen LogP contribution in [0.2, 0.25) is 0 Å². The van der Waals surface area contributed by atoms with Crippen LogP contribution >= 0.6 is 15.9 Å². The highest BCUT2D eigenvalue weighted by molar-refractivity contribution is 9.09. The molecule has 0 saturated carbocycles. The van der Waals surface area contributed by atoms with Gasteiger partial charge in [0.1, 0.15) is 5.08 Å². The van der Waals surface area contributed by atoms with Crippen LogP contribution in [0.25, 0.3) is 0 Å². The van der Waals surface area contributed by atoms with E-state index in [1.165, 1.54) is 0 Å². The molecule has 3 heteroatoms. The van der Waals surface area contributed by atoms with E-state index in [-0.39, 0.29) is 5.08 Å². The highest BCUT2D eigenvalue weighted by Gasteiger charge is 1.69. The molecular formula is CH5BrN2. The molecule has 4 heavy (non-hydrogen) atoms. The summed E-state index contributed by atoms with van der Waals surface area (Å²) in [6.07, 6.45) is 0. The van der Waals surface area contributed by atoms with Crippen molar-refractivity contribution < 1.29 is 0 Å². The molecule has 0 saturated heterocycles. The molecule has 0 unspecified atom stereocenters. The van der Waals surface area contributed by atoms with Crippen LogP contribution < -0.4 is 11.5 Å². The molecule has 2 nitrogen and oxygen atoms in total. The fourth-order valence-electron chi connectivity index (χ4n) is 0. The number of halogens is 1. The van der Waals surface area contributed by atoms with Gasteiger partial charge in [0.05, 0.1) is 0 Å². The van der Waals surface area contributed by atoms with Crippen LogP contribution in [-0.4, -0.2) is 5.08 Å². The second-order valence-corrected chi connectivity index (χ2v) is 1.50. The molecule has 4 N–H and O–H groups in total. The topological polar surface area (TPSA) is 52.0 Å². The van der Waals surface area contributed by atoms with Crippen molar-refractivity contribution in [2.45, 2.75) is 5.08 Å². The summed E-state index contributed by atoms with van der Waals surface area (Å²) in [5, 5.41) is -0.354. The van der Waals surface area contributed by atoms with E-state index in [0.717, 1.165) is 0 Å². The summed E-state index contributed by atoms with van der Waals surface area (Å²) in [5.41, 5.74) is 9.61. The Bertz CT molecular complexity index is 10.8. The fraction of sp³-hybridized carbons (Fsp3) is 1.00. The molecule has 0 aliphatic heterocycles. The summed E-state index contributed by atoms with van der Waals surface area (Å²) < 4.78 is 0. The molecule has 0 heterocycles. The van der Waals surface area contributed by atoms with Crippen LogP contribution in [0.15, 0.2) is 0 Å². The summed E-state index contributed by atoms with van der Waals surface area (Å²) >= 11 is 2.83. The molecule has 0 atom stereocenters. The van der Waals surface area contributed by atoms with Crippen LogP contribution in [-0.2, 0) is 0 Å². The first kappa shape index (κ1) is 4.40. The highest BCUT2D eigenvalue weighted by atomic mass is 79.9. The highest BCUT2D eigenvalue weighted by Crippen LogP contribution is 1.70. The van der Waals surface area contributed by atoms with Crippen molar-refractivity contribution in [3.05, 3.63) is 0 Å². The number of nitrogens with two attached hydrogens (primary N) is 2. The molecule has 0 aromatic rings. The van der Waals surface area contributed by atoms with Crippen molar-refractivity contribution in [2.75, 3.05) is 0 Å². The van der Waals surface area contributed by atoms with E-state index in [9.17, 15) is 0 Å². The maximum absolute atomic E-state index is 4.81. The van der Waals surface area contributed by atoms with Crippen molar-refractivity contribution in [3.63, 3.8) is 0 Å². The van der Waals surface area contributed by atoms with Gasteiger partial charge in [-0.15, -0.1) is 0 Å². The molecule has 0 aliphatic carbocycles. The van der Waals surface area contributed by atoms with E-state index in [0.29, 0.717) is 0 Å². The zero-order chi connectivity index (χ0) is 3.58. The number of hydrogen-bond donors (Lipinski definition) is 2. The van der Waals surface area contributed by atoms with Gasteiger partial charge in [-0.2, -0.15) is 0 Å². The monoisotopic (exact) mass is 124 g/mol. The van der Waals surface area contributed by atoms with E-state index in [4.69, 9.17) is 11.5 Å². The summed E-state index contributed by atoms with van der Waals surface area (Å²) in [4.78, 5) is 0. The maximum atomic E-state index is 4.81. The van der Waals surface area contributed by atoms with E-state index >= 15 is 0 Å². The number of rotatable bonds is 0. The van der Waals surface area contributed by atoms with Crippen LogP contribution in [0.5, 0.6) is 0 Å². The summed E-state index contributed by atoms with van der Waals surface area (Å²) in [7, 11) is 0. The lowest BCUT2D eigenvalue weighted by atomic mass is 11.3. The fourth-order valence-corrected chi connectivity index (χ4v) is 0. The quantitative estimate of drug-likeness (QED) is 0.262. The Morgan fingerprint density at radius 3 is 1.50 bits per heavy atom. The van der Waals surface area contributed by atoms with Crippen LogP contribution in [0.4, 0.5) is 0 Å². The Balaban J connectivity index is 2.32. The van der Waals surface area contributed by atoms with Gasteiger partial charge in [-0.25, -0.2) is 0 Å². The minimum Gasteiger partial charge on any atom is -0.307 e. The standard InChI is InChI=1S/CH5BrN2/c2-1(3)4/h1H,3-4H2. The minimum atomic E-state index is -0.354. The first-order valence-electron chi connectivity index (χ1n) is 0.885. The van der Waals surface area contributed by atoms with Crippen LogP contribution in [0, 0.1) is 0 Å². The van der Waals surface area contributed by atoms with E-state index in [1.807, 2.05) is 0 Å². The smallest absolute Gasteiger partial charge is 0.110 e. The second kappa shape index (κ2) is 1.69. The van der Waals surface area contributed by atoms with E-state index in [2.05, 4.69) is 15.9 Å². The molecule has 0 rings (SSSR count). The van der Waals surface area contributed by atoms with Gasteiger partial charge in [0, 0.05) is 0 Å². The van der Waals surface area contributed by atoms with E-state index < -0.39 is 0 Å². The number of alkyl halides is 1. The Morgan fingerprint density at radius 1 is 1.50 bits per heavy atom. The average molecular weight is 125 g/mol. The van der Waals surface area contributed by atoms with Gasteiger partial charge in [0.2, 0.25) is 0 Å². The first-order valence-corrected chi connectivity index (χ1v) is 1.80. The molecule has 0 bridgehead atoms. The molecular weight excluding hydrogens is 120 g/mol. The van der Waals surface area contributed by atoms with Crippen molar-refractivity contribution >= 4 is 15.9 Å². The predicted octanol–water partition coefficient (Wildman–Crippen LogP) is -0.418. The van der Waals surface area contributed by atoms with Crippen molar-refractivity contribution in [1.29, 1.82) is 0 Å². The third-order valence-corrected chi connectivity index (χ3v) is 0. The van der Waals surface area contributed by atoms with Gasteiger partial charge in [0.15, 0.2) is 0 Å². The Hall–Kier alpha value is 0.400. The molecule has 0 aromatic carbocycles. The largest absolute Gasteiger partial charge is 0.307 e. The molecule has 0 aliphatic rings. The van der Waals surface area contributed by atoms with Crippen LogP contribution in [0.3, 0.4) is 0 Å². The van der Waals surface area contributed by atoms with Gasteiger partial charge < -0.3 is 11.5 Å². The molecule has 26 valence electrons. The normalized spacial score (nSPS) is 9.00. The zero-order valence-electron chi connectivity index (χ0n) is 2.11. The molecule has 0 spiro atoms. The SMILES string of the molecule is NC(N)Br. The van der Waals surface area contributed by atoms with Gasteiger partial charge in [-0.05, 0) is 0 Å². The third kappa shape index (κ3) is 29.4. The average Bonchev–Trinajstić information content (AvgIpc) is 0.811. The minimum absolute atomic E-state index is 0.354. The van der Waals surface area contributed by atoms with Crippen molar-refractivity contribution in [1.82, 2.24) is 0 Å². The molecule has 0 radical (unpaired) electrons. The first-order chi connectivity index (χ1) is 1.73. The van der Waals surface area contributed by atoms with Gasteiger partial charge in [0.25, 0.3) is 0 Å². The van der Waals surface area contributed by atoms with Gasteiger partial charge >= 0.3 is 0 Å². The summed E-state index contributed by atoms with van der Waals surface area (Å²) in [6, 6.07) is 0. The lowest BCUT2D eigenvalue weighted by Crippen LogP contribution is -2.21. The Labute approximate surface area is 33.3 Å². The van der Waals surface area contributed by atoms with Crippen LogP contribution in [0.1, 0.15) is 0 Å². The summed E-state index contributed by atoms with van der Waals surface area (Å²) in [6.45, 7) is 0. The second-order valence-electron chi connectivity index (χ2n) is 0.444. The lowest BCUT2D eigenvalue weighted by molar-refractivity contribution is 1.01. The van der Waals surface area contributed by atoms with E-state index in [1.54, 1.807) is 0 Å². The lowest BCUT2D eigenvalue weighted by Gasteiger charge is -1.80. The molecule has 0 fully saturated rings. The predicted molar refractivity (Wildman–Crippen MR) is 21.1 cm³/mol. The zero-order valence-corrected chi connectivity index (χ0v) is 3.70. The third-order valence-electron chi connectivity index (χ3n) is 0. The van der Waals surface area contributed by atoms with Gasteiger partial charge in [-0.3, -0.25) is 0 Å². The number of hydrogen-bond acceptors (Lipinski definition) is 2. The Kier molecular flexibility index (Phi) is 1.86. The summed E-state index contributed by atoms with van der Waals surface area (Å²) in [5.74, 6) is 0. The molecule has 0 aromatic heterocycles. The Morgan fingerprint density at radius 2 is 1.50 bits per heavy atom. The van der Waals surface area contributed by atoms with Crippen molar-refractivity contribution in [3.8, 4) is 0 Å². The van der Waals surface area contributed by atoms with Crippen molar-refractivity contribution in [2.24, 2.45) is 11.5 Å². The maximum Gasteiger partial charge on any atom is 0.110 e. The van der Waals surface area contributed by atoms with Gasteiger partial charge in [-0.1, -0.05) is 15.9 Å². The molecule has 0 amide bonds.